The quantitative estimate of drug-likeness (QED) is 0.477. The van der Waals surface area contributed by atoms with E-state index in [4.69, 9.17) is 0 Å². The van der Waals surface area contributed by atoms with Gasteiger partial charge in [-0.3, -0.25) is 0 Å². The summed E-state index contributed by atoms with van der Waals surface area (Å²) in [7, 11) is 0. The van der Waals surface area contributed by atoms with Crippen LogP contribution in [0.2, 0.25) is 0 Å². The van der Waals surface area contributed by atoms with Crippen LogP contribution in [0.3, 0.4) is 0 Å². The van der Waals surface area contributed by atoms with Crippen molar-refractivity contribution in [2.45, 2.75) is 33.1 Å². The van der Waals surface area contributed by atoms with Crippen LogP contribution in [0.4, 0.5) is 0 Å². The lowest BCUT2D eigenvalue weighted by molar-refractivity contribution is 1.18. The van der Waals surface area contributed by atoms with Crippen molar-refractivity contribution in [3.63, 3.8) is 0 Å². The molecule has 0 amide bonds. The second-order valence-corrected chi connectivity index (χ2v) is 7.79. The highest BCUT2D eigenvalue weighted by Gasteiger charge is 2.11. The fourth-order valence-electron chi connectivity index (χ4n) is 3.52. The summed E-state index contributed by atoms with van der Waals surface area (Å²) in [5.41, 5.74) is 9.92. The highest BCUT2D eigenvalue weighted by molar-refractivity contribution is 6.14. The first-order chi connectivity index (χ1) is 14.2. The molecule has 0 atom stereocenters. The summed E-state index contributed by atoms with van der Waals surface area (Å²) >= 11 is 0. The Morgan fingerprint density at radius 2 is 1.31 bits per heavy atom. The molecule has 3 aromatic carbocycles. The number of allylic oxidation sites excluding steroid dienone is 1. The molecule has 1 heterocycles. The van der Waals surface area contributed by atoms with Crippen LogP contribution < -0.4 is 0 Å². The third kappa shape index (κ3) is 5.17. The van der Waals surface area contributed by atoms with Crippen LogP contribution in [0.15, 0.2) is 89.1 Å². The van der Waals surface area contributed by atoms with Crippen LogP contribution in [0.1, 0.15) is 39.8 Å². The van der Waals surface area contributed by atoms with Gasteiger partial charge in [-0.05, 0) is 48.6 Å². The van der Waals surface area contributed by atoms with Gasteiger partial charge in [0.2, 0.25) is 0 Å². The third-order valence-electron chi connectivity index (χ3n) is 5.26. The van der Waals surface area contributed by atoms with E-state index in [2.05, 4.69) is 109 Å². The van der Waals surface area contributed by atoms with E-state index in [1.165, 1.54) is 33.4 Å². The lowest BCUT2D eigenvalue weighted by Gasteiger charge is -2.07. The SMILES string of the molecule is Cc1ccc(CC2=NN=C(/C=C/c3ccccc3Cc3ccc(C)cc3)C2)cc1. The van der Waals surface area contributed by atoms with Gasteiger partial charge < -0.3 is 0 Å². The van der Waals surface area contributed by atoms with Crippen molar-refractivity contribution in [2.75, 3.05) is 0 Å². The van der Waals surface area contributed by atoms with E-state index in [1.807, 2.05) is 0 Å². The van der Waals surface area contributed by atoms with Crippen LogP contribution in [-0.2, 0) is 12.8 Å². The molecule has 0 bridgehead atoms. The molecule has 3 aromatic rings. The summed E-state index contributed by atoms with van der Waals surface area (Å²) in [6, 6.07) is 26.0. The molecule has 0 aliphatic carbocycles. The van der Waals surface area contributed by atoms with Crippen molar-refractivity contribution in [3.05, 3.63) is 112 Å². The van der Waals surface area contributed by atoms with E-state index in [-0.39, 0.29) is 0 Å². The zero-order chi connectivity index (χ0) is 20.1. The van der Waals surface area contributed by atoms with E-state index in [9.17, 15) is 0 Å². The summed E-state index contributed by atoms with van der Waals surface area (Å²) in [6.45, 7) is 4.23. The van der Waals surface area contributed by atoms with Crippen molar-refractivity contribution in [1.82, 2.24) is 0 Å². The van der Waals surface area contributed by atoms with Gasteiger partial charge in [-0.25, -0.2) is 0 Å². The smallest absolute Gasteiger partial charge is 0.0687 e. The first-order valence-corrected chi connectivity index (χ1v) is 10.1. The Hall–Kier alpha value is -3.26. The van der Waals surface area contributed by atoms with Gasteiger partial charge in [0.05, 0.1) is 11.4 Å². The normalized spacial score (nSPS) is 13.6. The Kier molecular flexibility index (Phi) is 5.81. The lowest BCUT2D eigenvalue weighted by Crippen LogP contribution is -2.04. The van der Waals surface area contributed by atoms with Crippen LogP contribution in [-0.4, -0.2) is 11.4 Å². The Balaban J connectivity index is 1.40. The van der Waals surface area contributed by atoms with Gasteiger partial charge in [-0.15, -0.1) is 0 Å². The minimum absolute atomic E-state index is 0.824. The molecule has 0 N–H and O–H groups in total. The number of benzene rings is 3. The maximum Gasteiger partial charge on any atom is 0.0687 e. The molecule has 0 spiro atoms. The number of hydrogen-bond donors (Lipinski definition) is 0. The topological polar surface area (TPSA) is 24.7 Å². The largest absolute Gasteiger partial charge is 0.159 e. The fraction of sp³-hybridized carbons (Fsp3) is 0.185. The zero-order valence-corrected chi connectivity index (χ0v) is 17.1. The van der Waals surface area contributed by atoms with Crippen molar-refractivity contribution in [1.29, 1.82) is 0 Å². The molecule has 0 saturated carbocycles. The summed E-state index contributed by atoms with van der Waals surface area (Å²) < 4.78 is 0. The Morgan fingerprint density at radius 1 is 0.690 bits per heavy atom. The molecule has 0 fully saturated rings. The van der Waals surface area contributed by atoms with Crippen LogP contribution >= 0.6 is 0 Å². The second kappa shape index (κ2) is 8.83. The van der Waals surface area contributed by atoms with Gasteiger partial charge in [-0.1, -0.05) is 90.0 Å². The van der Waals surface area contributed by atoms with Gasteiger partial charge in [0.25, 0.3) is 0 Å². The number of aryl methyl sites for hydroxylation is 2. The molecule has 29 heavy (non-hydrogen) atoms. The molecule has 0 aromatic heterocycles. The summed E-state index contributed by atoms with van der Waals surface area (Å²) in [4.78, 5) is 0. The lowest BCUT2D eigenvalue weighted by atomic mass is 9.98. The summed E-state index contributed by atoms with van der Waals surface area (Å²) in [6.07, 6.45) is 6.91. The van der Waals surface area contributed by atoms with E-state index in [0.29, 0.717) is 0 Å². The van der Waals surface area contributed by atoms with Gasteiger partial charge in [-0.2, -0.15) is 10.2 Å². The predicted molar refractivity (Wildman–Crippen MR) is 124 cm³/mol. The van der Waals surface area contributed by atoms with Crippen molar-refractivity contribution < 1.29 is 0 Å². The highest BCUT2D eigenvalue weighted by Crippen LogP contribution is 2.18. The first-order valence-electron chi connectivity index (χ1n) is 10.1. The minimum Gasteiger partial charge on any atom is -0.159 e. The molecule has 144 valence electrons. The molecule has 1 aliphatic rings. The number of hydrogen-bond acceptors (Lipinski definition) is 2. The van der Waals surface area contributed by atoms with Crippen LogP contribution in [0, 0.1) is 13.8 Å². The monoisotopic (exact) mass is 378 g/mol. The molecule has 0 unspecified atom stereocenters. The van der Waals surface area contributed by atoms with E-state index < -0.39 is 0 Å². The highest BCUT2D eigenvalue weighted by atomic mass is 15.2. The maximum atomic E-state index is 4.40. The standard InChI is InChI=1S/C27H26N2/c1-20-7-11-22(12-8-20)17-25-6-4-3-5-24(25)15-16-26-19-27(29-28-26)18-23-13-9-21(2)10-14-23/h3-16H,17-19H2,1-2H3/b16-15+. The van der Waals surface area contributed by atoms with Gasteiger partial charge >= 0.3 is 0 Å². The van der Waals surface area contributed by atoms with Crippen LogP contribution in [0.5, 0.6) is 0 Å². The molecule has 0 saturated heterocycles. The Bertz CT molecular complexity index is 1070. The molecular weight excluding hydrogens is 352 g/mol. The van der Waals surface area contributed by atoms with Gasteiger partial charge in [0, 0.05) is 12.8 Å². The Morgan fingerprint density at radius 3 is 2.00 bits per heavy atom. The fourth-order valence-corrected chi connectivity index (χ4v) is 3.52. The average molecular weight is 379 g/mol. The molecule has 1 aliphatic heterocycles. The van der Waals surface area contributed by atoms with E-state index in [0.717, 1.165) is 30.7 Å². The van der Waals surface area contributed by atoms with Gasteiger partial charge in [0.1, 0.15) is 0 Å². The number of rotatable bonds is 6. The minimum atomic E-state index is 0.824. The zero-order valence-electron chi connectivity index (χ0n) is 17.1. The third-order valence-corrected chi connectivity index (χ3v) is 5.26. The Labute approximate surface area is 173 Å². The van der Waals surface area contributed by atoms with E-state index >= 15 is 0 Å². The predicted octanol–water partition coefficient (Wildman–Crippen LogP) is 6.35. The molecule has 2 heteroatoms. The molecule has 4 rings (SSSR count). The summed E-state index contributed by atoms with van der Waals surface area (Å²) in [5, 5.41) is 8.79. The van der Waals surface area contributed by atoms with Crippen molar-refractivity contribution in [3.8, 4) is 0 Å². The molecule has 0 radical (unpaired) electrons. The summed E-state index contributed by atoms with van der Waals surface area (Å²) in [5.74, 6) is 0. The van der Waals surface area contributed by atoms with Gasteiger partial charge in [0.15, 0.2) is 0 Å². The van der Waals surface area contributed by atoms with Crippen LogP contribution in [0.25, 0.3) is 6.08 Å². The molecule has 2 nitrogen and oxygen atoms in total. The van der Waals surface area contributed by atoms with Crippen molar-refractivity contribution >= 4 is 17.5 Å². The molecular formula is C27H26N2. The average Bonchev–Trinajstić information content (AvgIpc) is 3.18. The first kappa shape index (κ1) is 19.1. The maximum absolute atomic E-state index is 4.40. The number of nitrogens with zero attached hydrogens (tertiary/aromatic N) is 2. The second-order valence-electron chi connectivity index (χ2n) is 7.79. The van der Waals surface area contributed by atoms with Crippen molar-refractivity contribution in [2.24, 2.45) is 10.2 Å². The van der Waals surface area contributed by atoms with E-state index in [1.54, 1.807) is 0 Å².